The Morgan fingerprint density at radius 1 is 0.971 bits per heavy atom. The predicted molar refractivity (Wildman–Crippen MR) is 130 cm³/mol. The topological polar surface area (TPSA) is 65.8 Å². The minimum absolute atomic E-state index is 0.0445. The normalized spacial score (nSPS) is 14.3. The molecule has 1 aliphatic heterocycles. The lowest BCUT2D eigenvalue weighted by molar-refractivity contribution is -0.133. The van der Waals surface area contributed by atoms with E-state index >= 15 is 0 Å². The maximum atomic E-state index is 13.9. The number of nitrogens with one attached hydrogen (secondary N) is 1. The number of amides is 2. The molecule has 7 heteroatoms. The largest absolute Gasteiger partial charge is 0.461 e. The van der Waals surface area contributed by atoms with Crippen LogP contribution in [0.3, 0.4) is 0 Å². The molecule has 1 saturated heterocycles. The third kappa shape index (κ3) is 5.72. The molecule has 1 aliphatic rings. The first-order valence-corrected chi connectivity index (χ1v) is 11.6. The number of halogens is 1. The molecular formula is C27H30FN3O3. The van der Waals surface area contributed by atoms with Crippen LogP contribution in [0.1, 0.15) is 23.3 Å². The molecule has 1 fully saturated rings. The molecular weight excluding hydrogens is 433 g/mol. The van der Waals surface area contributed by atoms with E-state index in [2.05, 4.69) is 10.2 Å². The molecule has 2 aromatic carbocycles. The molecule has 0 bridgehead atoms. The first kappa shape index (κ1) is 23.7. The van der Waals surface area contributed by atoms with Crippen molar-refractivity contribution >= 4 is 17.5 Å². The smallest absolute Gasteiger partial charge is 0.238 e. The highest BCUT2D eigenvalue weighted by Gasteiger charge is 2.23. The van der Waals surface area contributed by atoms with Gasteiger partial charge in [-0.3, -0.25) is 14.5 Å². The van der Waals surface area contributed by atoms with Crippen LogP contribution in [-0.2, 0) is 16.0 Å². The number of anilines is 1. The fourth-order valence-corrected chi connectivity index (χ4v) is 4.14. The van der Waals surface area contributed by atoms with Gasteiger partial charge in [0.25, 0.3) is 0 Å². The zero-order valence-corrected chi connectivity index (χ0v) is 19.6. The second-order valence-electron chi connectivity index (χ2n) is 8.70. The standard InChI is InChI=1S/C27H30FN3O3/c1-19-6-5-9-24(20(19)2)29-26(32)18-30-14-16-31(17-15-30)27(33)13-11-21-10-12-25(34-21)22-7-3-4-8-23(22)28/h3-10,12H,11,13-18H2,1-2H3,(H,29,32). The van der Waals surface area contributed by atoms with Crippen LogP contribution in [0.5, 0.6) is 0 Å². The molecule has 1 aromatic heterocycles. The van der Waals surface area contributed by atoms with E-state index in [1.165, 1.54) is 6.07 Å². The minimum atomic E-state index is -0.333. The number of furan rings is 1. The lowest BCUT2D eigenvalue weighted by atomic mass is 10.1. The van der Waals surface area contributed by atoms with Crippen molar-refractivity contribution in [1.29, 1.82) is 0 Å². The number of piperazine rings is 1. The Hall–Kier alpha value is -3.45. The van der Waals surface area contributed by atoms with Gasteiger partial charge in [0.2, 0.25) is 11.8 Å². The summed E-state index contributed by atoms with van der Waals surface area (Å²) >= 11 is 0. The van der Waals surface area contributed by atoms with E-state index in [1.54, 1.807) is 30.3 Å². The number of benzene rings is 2. The van der Waals surface area contributed by atoms with E-state index in [1.807, 2.05) is 36.9 Å². The molecule has 0 unspecified atom stereocenters. The highest BCUT2D eigenvalue weighted by Crippen LogP contribution is 2.25. The van der Waals surface area contributed by atoms with Crippen molar-refractivity contribution in [2.45, 2.75) is 26.7 Å². The quantitative estimate of drug-likeness (QED) is 0.564. The van der Waals surface area contributed by atoms with Gasteiger partial charge in [0.1, 0.15) is 17.3 Å². The molecule has 0 aliphatic carbocycles. The average molecular weight is 464 g/mol. The summed E-state index contributed by atoms with van der Waals surface area (Å²) in [7, 11) is 0. The molecule has 2 heterocycles. The van der Waals surface area contributed by atoms with Crippen LogP contribution in [0.4, 0.5) is 10.1 Å². The Morgan fingerprint density at radius 3 is 2.50 bits per heavy atom. The number of rotatable bonds is 7. The fourth-order valence-electron chi connectivity index (χ4n) is 4.14. The van der Waals surface area contributed by atoms with E-state index < -0.39 is 0 Å². The molecule has 0 spiro atoms. The van der Waals surface area contributed by atoms with Crippen LogP contribution in [-0.4, -0.2) is 54.3 Å². The van der Waals surface area contributed by atoms with Crippen LogP contribution in [0.2, 0.25) is 0 Å². The van der Waals surface area contributed by atoms with E-state index in [4.69, 9.17) is 4.42 Å². The van der Waals surface area contributed by atoms with Gasteiger partial charge < -0.3 is 14.6 Å². The number of carbonyl (C=O) groups is 2. The molecule has 3 aromatic rings. The Labute approximate surface area is 199 Å². The van der Waals surface area contributed by atoms with Crippen molar-refractivity contribution in [3.8, 4) is 11.3 Å². The van der Waals surface area contributed by atoms with E-state index in [9.17, 15) is 14.0 Å². The number of hydrogen-bond donors (Lipinski definition) is 1. The lowest BCUT2D eigenvalue weighted by Gasteiger charge is -2.34. The summed E-state index contributed by atoms with van der Waals surface area (Å²) in [6.07, 6.45) is 0.795. The van der Waals surface area contributed by atoms with Crippen LogP contribution < -0.4 is 5.32 Å². The summed E-state index contributed by atoms with van der Waals surface area (Å²) < 4.78 is 19.7. The Morgan fingerprint density at radius 2 is 1.74 bits per heavy atom. The Bertz CT molecular complexity index is 1170. The highest BCUT2D eigenvalue weighted by molar-refractivity contribution is 5.93. The molecule has 34 heavy (non-hydrogen) atoms. The average Bonchev–Trinajstić information content (AvgIpc) is 3.30. The van der Waals surface area contributed by atoms with Crippen molar-refractivity contribution in [2.75, 3.05) is 38.0 Å². The molecule has 0 saturated carbocycles. The zero-order valence-electron chi connectivity index (χ0n) is 19.6. The molecule has 4 rings (SSSR count). The van der Waals surface area contributed by atoms with Gasteiger partial charge in [0.05, 0.1) is 12.1 Å². The van der Waals surface area contributed by atoms with Crippen LogP contribution >= 0.6 is 0 Å². The highest BCUT2D eigenvalue weighted by atomic mass is 19.1. The van der Waals surface area contributed by atoms with Gasteiger partial charge in [-0.2, -0.15) is 0 Å². The van der Waals surface area contributed by atoms with E-state index in [0.29, 0.717) is 62.6 Å². The van der Waals surface area contributed by atoms with Crippen LogP contribution in [0.25, 0.3) is 11.3 Å². The number of hydrogen-bond acceptors (Lipinski definition) is 4. The van der Waals surface area contributed by atoms with Gasteiger partial charge in [-0.25, -0.2) is 4.39 Å². The van der Waals surface area contributed by atoms with Crippen LogP contribution in [0.15, 0.2) is 59.0 Å². The molecule has 1 N–H and O–H groups in total. The van der Waals surface area contributed by atoms with Crippen molar-refractivity contribution in [1.82, 2.24) is 9.80 Å². The van der Waals surface area contributed by atoms with Crippen molar-refractivity contribution < 1.29 is 18.4 Å². The van der Waals surface area contributed by atoms with Gasteiger partial charge in [0.15, 0.2) is 0 Å². The first-order chi connectivity index (χ1) is 16.4. The molecule has 2 amide bonds. The summed E-state index contributed by atoms with van der Waals surface area (Å²) in [5.74, 6) is 0.807. The molecule has 6 nitrogen and oxygen atoms in total. The van der Waals surface area contributed by atoms with E-state index in [0.717, 1.165) is 16.8 Å². The second-order valence-corrected chi connectivity index (χ2v) is 8.70. The van der Waals surface area contributed by atoms with Gasteiger partial charge >= 0.3 is 0 Å². The molecule has 0 radical (unpaired) electrons. The number of carbonyl (C=O) groups excluding carboxylic acids is 2. The molecule has 0 atom stereocenters. The third-order valence-electron chi connectivity index (χ3n) is 6.36. The summed E-state index contributed by atoms with van der Waals surface area (Å²) in [6, 6.07) is 15.9. The lowest BCUT2D eigenvalue weighted by Crippen LogP contribution is -2.50. The van der Waals surface area contributed by atoms with Crippen molar-refractivity contribution in [3.05, 3.63) is 77.3 Å². The monoisotopic (exact) mass is 463 g/mol. The van der Waals surface area contributed by atoms with Crippen LogP contribution in [0, 0.1) is 19.7 Å². The number of aryl methyl sites for hydroxylation is 2. The fraction of sp³-hybridized carbons (Fsp3) is 0.333. The Kier molecular flexibility index (Phi) is 7.43. The van der Waals surface area contributed by atoms with Gasteiger partial charge in [-0.05, 0) is 55.3 Å². The first-order valence-electron chi connectivity index (χ1n) is 11.6. The molecule has 178 valence electrons. The van der Waals surface area contributed by atoms with Gasteiger partial charge in [0, 0.05) is 44.7 Å². The Balaban J connectivity index is 1.21. The van der Waals surface area contributed by atoms with Gasteiger partial charge in [-0.15, -0.1) is 0 Å². The summed E-state index contributed by atoms with van der Waals surface area (Å²) in [5.41, 5.74) is 3.47. The number of nitrogens with zero attached hydrogens (tertiary/aromatic N) is 2. The van der Waals surface area contributed by atoms with E-state index in [-0.39, 0.29) is 17.6 Å². The minimum Gasteiger partial charge on any atom is -0.461 e. The maximum Gasteiger partial charge on any atom is 0.238 e. The third-order valence-corrected chi connectivity index (χ3v) is 6.36. The summed E-state index contributed by atoms with van der Waals surface area (Å²) in [4.78, 5) is 29.0. The SMILES string of the molecule is Cc1cccc(NC(=O)CN2CCN(C(=O)CCc3ccc(-c4ccccc4F)o3)CC2)c1C. The van der Waals surface area contributed by atoms with Crippen molar-refractivity contribution in [3.63, 3.8) is 0 Å². The van der Waals surface area contributed by atoms with Crippen molar-refractivity contribution in [2.24, 2.45) is 0 Å². The zero-order chi connectivity index (χ0) is 24.1. The maximum absolute atomic E-state index is 13.9. The van der Waals surface area contributed by atoms with Gasteiger partial charge in [-0.1, -0.05) is 24.3 Å². The predicted octanol–water partition coefficient (Wildman–Crippen LogP) is 4.42. The second kappa shape index (κ2) is 10.7. The summed E-state index contributed by atoms with van der Waals surface area (Å²) in [5, 5.41) is 2.99. The summed E-state index contributed by atoms with van der Waals surface area (Å²) in [6.45, 7) is 6.82.